The fourth-order valence-corrected chi connectivity index (χ4v) is 2.80. The van der Waals surface area contributed by atoms with Crippen molar-refractivity contribution in [2.75, 3.05) is 0 Å². The van der Waals surface area contributed by atoms with Crippen LogP contribution in [0.2, 0.25) is 0 Å². The number of ketones is 1. The van der Waals surface area contributed by atoms with Crippen LogP contribution in [0.5, 0.6) is 0 Å². The van der Waals surface area contributed by atoms with Gasteiger partial charge in [-0.3, -0.25) is 4.79 Å². The van der Waals surface area contributed by atoms with Crippen molar-refractivity contribution in [1.82, 2.24) is 5.06 Å². The lowest BCUT2D eigenvalue weighted by Crippen LogP contribution is -2.58. The summed E-state index contributed by atoms with van der Waals surface area (Å²) in [5.74, 6) is 0.0435. The van der Waals surface area contributed by atoms with Crippen LogP contribution in [-0.2, 0) is 4.79 Å². The van der Waals surface area contributed by atoms with E-state index < -0.39 is 11.1 Å². The molecule has 1 aliphatic rings. The van der Waals surface area contributed by atoms with E-state index in [4.69, 9.17) is 0 Å². The van der Waals surface area contributed by atoms with Gasteiger partial charge in [0.2, 0.25) is 0 Å². The molecule has 0 spiro atoms. The Labute approximate surface area is 98.1 Å². The summed E-state index contributed by atoms with van der Waals surface area (Å²) in [7, 11) is 0. The molecule has 0 radical (unpaired) electrons. The molecule has 0 aromatic heterocycles. The van der Waals surface area contributed by atoms with Crippen molar-refractivity contribution in [3.63, 3.8) is 0 Å². The topological polar surface area (TPSA) is 43.4 Å². The molecule has 0 bridgehead atoms. The van der Waals surface area contributed by atoms with Crippen molar-refractivity contribution in [2.24, 2.45) is 5.92 Å². The summed E-state index contributed by atoms with van der Waals surface area (Å²) in [4.78, 5) is 12.0. The molecular weight excluding hydrogens is 202 g/mol. The van der Waals surface area contributed by atoms with Crippen molar-refractivity contribution in [1.29, 1.82) is 0 Å². The monoisotopic (exact) mass is 224 g/mol. The highest BCUT2D eigenvalue weighted by Crippen LogP contribution is 2.41. The zero-order chi connectivity index (χ0) is 12.7. The Morgan fingerprint density at radius 3 is 1.94 bits per heavy atom. The Kier molecular flexibility index (Phi) is 3.32. The van der Waals surface area contributed by atoms with Gasteiger partial charge in [-0.25, -0.2) is 0 Å². The van der Waals surface area contributed by atoms with Gasteiger partial charge in [0, 0.05) is 17.0 Å². The molecule has 3 nitrogen and oxygen atoms in total. The third-order valence-corrected chi connectivity index (χ3v) is 3.38. The number of allylic oxidation sites excluding steroid dienone is 1. The molecule has 92 valence electrons. The van der Waals surface area contributed by atoms with Crippen LogP contribution in [0, 0.1) is 11.1 Å². The lowest BCUT2D eigenvalue weighted by Gasteiger charge is -2.59. The second-order valence-corrected chi connectivity index (χ2v) is 6.17. The first kappa shape index (κ1) is 13.4. The number of carbonyl (C=O) groups is 1. The maximum Gasteiger partial charge on any atom is 0.161 e. The summed E-state index contributed by atoms with van der Waals surface area (Å²) in [6.07, 6.45) is 1.23. The molecule has 3 heteroatoms. The number of hydrogen-bond donors (Lipinski definition) is 0. The fourth-order valence-electron chi connectivity index (χ4n) is 2.80. The quantitative estimate of drug-likeness (QED) is 0.677. The second-order valence-electron chi connectivity index (χ2n) is 6.17. The molecule has 0 aliphatic carbocycles. The molecule has 0 aromatic rings. The van der Waals surface area contributed by atoms with Crippen LogP contribution < -0.4 is 0 Å². The zero-order valence-corrected chi connectivity index (χ0v) is 11.0. The molecule has 1 fully saturated rings. The molecule has 0 saturated carbocycles. The molecule has 0 N–H and O–H groups in total. The number of Topliss-reactive ketones (excluding diaryl/α,β-unsaturated/α-hetero) is 1. The zero-order valence-electron chi connectivity index (χ0n) is 11.0. The van der Waals surface area contributed by atoms with Crippen LogP contribution >= 0.6 is 0 Å². The Morgan fingerprint density at radius 1 is 1.25 bits per heavy atom. The first-order valence-electron chi connectivity index (χ1n) is 5.75. The Hall–Kier alpha value is -0.670. The number of rotatable bonds is 2. The standard InChI is InChI=1S/C13H22NO2/c1-9(2)11(15)10-7-12(3,4)14(16)13(5,6)8-10/h10H,1,7-8H2,2-6H3/q-1. The maximum atomic E-state index is 12.1. The van der Waals surface area contributed by atoms with Gasteiger partial charge in [-0.2, -0.15) is 0 Å². The van der Waals surface area contributed by atoms with Crippen molar-refractivity contribution in [3.05, 3.63) is 17.4 Å². The highest BCUT2D eigenvalue weighted by molar-refractivity contribution is 5.96. The van der Waals surface area contributed by atoms with E-state index >= 15 is 0 Å². The van der Waals surface area contributed by atoms with Gasteiger partial charge in [0.1, 0.15) is 0 Å². The molecule has 0 atom stereocenters. The molecule has 1 aliphatic heterocycles. The Bertz CT molecular complexity index is 300. The van der Waals surface area contributed by atoms with Gasteiger partial charge in [-0.15, -0.1) is 0 Å². The van der Waals surface area contributed by atoms with Gasteiger partial charge in [-0.1, -0.05) is 6.58 Å². The maximum absolute atomic E-state index is 12.1. The van der Waals surface area contributed by atoms with Crippen LogP contribution in [0.15, 0.2) is 12.2 Å². The van der Waals surface area contributed by atoms with Gasteiger partial charge < -0.3 is 10.3 Å². The van der Waals surface area contributed by atoms with E-state index in [0.717, 1.165) is 5.06 Å². The minimum atomic E-state index is -0.475. The lowest BCUT2D eigenvalue weighted by molar-refractivity contribution is -0.125. The van der Waals surface area contributed by atoms with Crippen molar-refractivity contribution < 1.29 is 4.79 Å². The first-order valence-corrected chi connectivity index (χ1v) is 5.75. The molecule has 16 heavy (non-hydrogen) atoms. The molecule has 1 saturated heterocycles. The van der Waals surface area contributed by atoms with Crippen LogP contribution in [0.3, 0.4) is 0 Å². The first-order chi connectivity index (χ1) is 7.08. The number of hydroxylamine groups is 2. The predicted octanol–water partition coefficient (Wildman–Crippen LogP) is 2.90. The van der Waals surface area contributed by atoms with Gasteiger partial charge in [0.15, 0.2) is 5.78 Å². The van der Waals surface area contributed by atoms with E-state index in [2.05, 4.69) is 6.58 Å². The normalized spacial score (nSPS) is 25.4. The molecule has 0 amide bonds. The average Bonchev–Trinajstić information content (AvgIpc) is 2.11. The van der Waals surface area contributed by atoms with Crippen molar-refractivity contribution in [3.8, 4) is 0 Å². The highest BCUT2D eigenvalue weighted by atomic mass is 16.5. The van der Waals surface area contributed by atoms with Crippen LogP contribution in [-0.4, -0.2) is 21.9 Å². The number of nitrogens with zero attached hydrogens (tertiary/aromatic N) is 1. The minimum Gasteiger partial charge on any atom is -0.784 e. The lowest BCUT2D eigenvalue weighted by atomic mass is 9.73. The highest BCUT2D eigenvalue weighted by Gasteiger charge is 2.42. The molecule has 0 unspecified atom stereocenters. The fraction of sp³-hybridized carbons (Fsp3) is 0.769. The largest absolute Gasteiger partial charge is 0.784 e. The van der Waals surface area contributed by atoms with Gasteiger partial charge in [-0.05, 0) is 53.0 Å². The summed E-state index contributed by atoms with van der Waals surface area (Å²) >= 11 is 0. The third-order valence-electron chi connectivity index (χ3n) is 3.38. The van der Waals surface area contributed by atoms with E-state index in [1.54, 1.807) is 6.92 Å². The third kappa shape index (κ3) is 2.36. The van der Waals surface area contributed by atoms with Gasteiger partial charge in [0.25, 0.3) is 0 Å². The summed E-state index contributed by atoms with van der Waals surface area (Å²) in [6, 6.07) is 0. The summed E-state index contributed by atoms with van der Waals surface area (Å²) < 4.78 is 0. The smallest absolute Gasteiger partial charge is 0.161 e. The average molecular weight is 224 g/mol. The molecule has 1 rings (SSSR count). The number of hydrogen-bond acceptors (Lipinski definition) is 3. The van der Waals surface area contributed by atoms with Crippen LogP contribution in [0.4, 0.5) is 0 Å². The molecule has 1 heterocycles. The van der Waals surface area contributed by atoms with Gasteiger partial charge in [0.05, 0.1) is 0 Å². The van der Waals surface area contributed by atoms with E-state index in [1.807, 2.05) is 27.7 Å². The van der Waals surface area contributed by atoms with Gasteiger partial charge >= 0.3 is 0 Å². The van der Waals surface area contributed by atoms with E-state index in [9.17, 15) is 10.0 Å². The van der Waals surface area contributed by atoms with E-state index in [0.29, 0.717) is 18.4 Å². The Balaban J connectivity index is 2.95. The molecular formula is C13H22NO2-. The van der Waals surface area contributed by atoms with E-state index in [1.165, 1.54) is 0 Å². The van der Waals surface area contributed by atoms with Crippen molar-refractivity contribution in [2.45, 2.75) is 58.5 Å². The van der Waals surface area contributed by atoms with Crippen LogP contribution in [0.25, 0.3) is 0 Å². The summed E-state index contributed by atoms with van der Waals surface area (Å²) in [5, 5.41) is 13.2. The SMILES string of the molecule is C=C(C)C(=O)C1CC(C)(C)N([O-])C(C)(C)C1. The Morgan fingerprint density at radius 2 is 1.62 bits per heavy atom. The number of carbonyl (C=O) groups excluding carboxylic acids is 1. The predicted molar refractivity (Wildman–Crippen MR) is 65.9 cm³/mol. The van der Waals surface area contributed by atoms with Crippen LogP contribution in [0.1, 0.15) is 47.5 Å². The van der Waals surface area contributed by atoms with Crippen molar-refractivity contribution >= 4 is 5.78 Å². The number of piperidine rings is 1. The summed E-state index contributed by atoms with van der Waals surface area (Å²) in [6.45, 7) is 13.1. The molecule has 0 aromatic carbocycles. The second kappa shape index (κ2) is 3.97. The summed E-state index contributed by atoms with van der Waals surface area (Å²) in [5.41, 5.74) is -0.356. The van der Waals surface area contributed by atoms with E-state index in [-0.39, 0.29) is 11.7 Å². The minimum absolute atomic E-state index is 0.0623.